The summed E-state index contributed by atoms with van der Waals surface area (Å²) in [6.45, 7) is 0.403. The Balaban J connectivity index is 2.61. The number of carbonyl (C=O) groups is 1. The van der Waals surface area contributed by atoms with Gasteiger partial charge in [0.05, 0.1) is 19.1 Å². The first-order valence-electron chi connectivity index (χ1n) is 5.79. The molecular formula is C13H17Cl2NO3. The average Bonchev–Trinajstić information content (AvgIpc) is 2.34. The molecule has 0 spiro atoms. The van der Waals surface area contributed by atoms with Gasteiger partial charge in [0.25, 0.3) is 0 Å². The van der Waals surface area contributed by atoms with Gasteiger partial charge in [-0.25, -0.2) is 0 Å². The molecule has 0 heterocycles. The minimum absolute atomic E-state index is 0.140. The van der Waals surface area contributed by atoms with E-state index in [1.54, 1.807) is 25.2 Å². The van der Waals surface area contributed by atoms with Crippen LogP contribution in [0.5, 0.6) is 0 Å². The number of rotatable bonds is 6. The van der Waals surface area contributed by atoms with Crippen LogP contribution in [-0.2, 0) is 16.0 Å². The van der Waals surface area contributed by atoms with Crippen molar-refractivity contribution in [3.8, 4) is 0 Å². The molecule has 0 aliphatic rings. The smallest absolute Gasteiger partial charge is 0.226 e. The van der Waals surface area contributed by atoms with E-state index < -0.39 is 6.10 Å². The van der Waals surface area contributed by atoms with Gasteiger partial charge in [-0.1, -0.05) is 23.2 Å². The first kappa shape index (κ1) is 16.2. The molecule has 0 aliphatic carbocycles. The molecule has 6 heteroatoms. The number of hydrogen-bond donors (Lipinski definition) is 1. The molecule has 0 bridgehead atoms. The van der Waals surface area contributed by atoms with Gasteiger partial charge in [0, 0.05) is 30.7 Å². The highest BCUT2D eigenvalue weighted by Gasteiger charge is 2.15. The minimum Gasteiger partial charge on any atom is -0.389 e. The summed E-state index contributed by atoms with van der Waals surface area (Å²) in [5.74, 6) is -0.140. The Morgan fingerprint density at radius 3 is 2.79 bits per heavy atom. The second-order valence-corrected chi connectivity index (χ2v) is 5.14. The van der Waals surface area contributed by atoms with Crippen LogP contribution in [0.1, 0.15) is 5.56 Å². The monoisotopic (exact) mass is 305 g/mol. The third-order valence-corrected chi connectivity index (χ3v) is 3.22. The molecule has 1 unspecified atom stereocenters. The lowest BCUT2D eigenvalue weighted by Crippen LogP contribution is -2.37. The Morgan fingerprint density at radius 2 is 2.16 bits per heavy atom. The minimum atomic E-state index is -0.700. The van der Waals surface area contributed by atoms with Crippen molar-refractivity contribution < 1.29 is 14.6 Å². The Hall–Kier alpha value is -0.810. The summed E-state index contributed by atoms with van der Waals surface area (Å²) < 4.78 is 4.81. The van der Waals surface area contributed by atoms with E-state index in [0.717, 1.165) is 0 Å². The maximum atomic E-state index is 12.0. The zero-order chi connectivity index (χ0) is 14.4. The summed E-state index contributed by atoms with van der Waals surface area (Å²) in [6, 6.07) is 5.00. The summed E-state index contributed by atoms with van der Waals surface area (Å²) in [5, 5.41) is 10.6. The van der Waals surface area contributed by atoms with Crippen LogP contribution in [0.15, 0.2) is 18.2 Å². The van der Waals surface area contributed by atoms with E-state index in [4.69, 9.17) is 27.9 Å². The number of nitrogens with zero attached hydrogens (tertiary/aromatic N) is 1. The highest BCUT2D eigenvalue weighted by atomic mass is 35.5. The van der Waals surface area contributed by atoms with Crippen molar-refractivity contribution in [2.75, 3.05) is 27.3 Å². The highest BCUT2D eigenvalue weighted by molar-refractivity contribution is 6.33. The van der Waals surface area contributed by atoms with Gasteiger partial charge in [0.1, 0.15) is 0 Å². The third-order valence-electron chi connectivity index (χ3n) is 2.62. The molecule has 0 radical (unpaired) electrons. The Labute approximate surface area is 122 Å². The summed E-state index contributed by atoms with van der Waals surface area (Å²) in [4.78, 5) is 13.4. The second-order valence-electron chi connectivity index (χ2n) is 4.30. The molecule has 1 rings (SSSR count). The zero-order valence-corrected chi connectivity index (χ0v) is 12.4. The SMILES string of the molecule is COCC(O)CN(C)C(=O)Cc1cc(Cl)ccc1Cl. The number of aliphatic hydroxyl groups is 1. The fourth-order valence-electron chi connectivity index (χ4n) is 1.64. The first-order valence-corrected chi connectivity index (χ1v) is 6.54. The molecule has 0 saturated heterocycles. The van der Waals surface area contributed by atoms with Crippen LogP contribution in [-0.4, -0.2) is 49.3 Å². The van der Waals surface area contributed by atoms with Crippen molar-refractivity contribution in [2.24, 2.45) is 0 Å². The van der Waals surface area contributed by atoms with E-state index in [1.165, 1.54) is 12.0 Å². The maximum absolute atomic E-state index is 12.0. The van der Waals surface area contributed by atoms with Gasteiger partial charge in [0.2, 0.25) is 5.91 Å². The normalized spacial score (nSPS) is 12.3. The second kappa shape index (κ2) is 7.70. The van der Waals surface area contributed by atoms with Gasteiger partial charge in [0.15, 0.2) is 0 Å². The van der Waals surface area contributed by atoms with Gasteiger partial charge in [-0.2, -0.15) is 0 Å². The summed E-state index contributed by atoms with van der Waals surface area (Å²) in [6.07, 6.45) is -0.552. The molecular weight excluding hydrogens is 289 g/mol. The molecule has 4 nitrogen and oxygen atoms in total. The van der Waals surface area contributed by atoms with Crippen LogP contribution in [0, 0.1) is 0 Å². The standard InChI is InChI=1S/C13H17Cl2NO3/c1-16(7-11(17)8-19-2)13(18)6-9-5-10(14)3-4-12(9)15/h3-5,11,17H,6-8H2,1-2H3. The molecule has 0 aliphatic heterocycles. The molecule has 0 aromatic heterocycles. The van der Waals surface area contributed by atoms with Crippen LogP contribution in [0.3, 0.4) is 0 Å². The number of hydrogen-bond acceptors (Lipinski definition) is 3. The Bertz CT molecular complexity index is 440. The van der Waals surface area contributed by atoms with Crippen LogP contribution < -0.4 is 0 Å². The number of likely N-dealkylation sites (N-methyl/N-ethyl adjacent to an activating group) is 1. The van der Waals surface area contributed by atoms with Gasteiger partial charge in [-0.05, 0) is 23.8 Å². The number of benzene rings is 1. The molecule has 0 saturated carbocycles. The Kier molecular flexibility index (Phi) is 6.58. The molecule has 1 atom stereocenters. The average molecular weight is 306 g/mol. The van der Waals surface area contributed by atoms with Gasteiger partial charge in [-0.15, -0.1) is 0 Å². The lowest BCUT2D eigenvalue weighted by molar-refractivity contribution is -0.130. The highest BCUT2D eigenvalue weighted by Crippen LogP contribution is 2.21. The fraction of sp³-hybridized carbons (Fsp3) is 0.462. The van der Waals surface area contributed by atoms with E-state index in [9.17, 15) is 9.90 Å². The molecule has 19 heavy (non-hydrogen) atoms. The van der Waals surface area contributed by atoms with Crippen LogP contribution >= 0.6 is 23.2 Å². The predicted octanol–water partition coefficient (Wildman–Crippen LogP) is 2.00. The van der Waals surface area contributed by atoms with E-state index >= 15 is 0 Å². The summed E-state index contributed by atoms with van der Waals surface area (Å²) in [7, 11) is 3.12. The number of methoxy groups -OCH3 is 1. The van der Waals surface area contributed by atoms with Crippen molar-refractivity contribution in [2.45, 2.75) is 12.5 Å². The first-order chi connectivity index (χ1) is 8.93. The van der Waals surface area contributed by atoms with Crippen molar-refractivity contribution in [3.63, 3.8) is 0 Å². The van der Waals surface area contributed by atoms with E-state index in [1.807, 2.05) is 0 Å². The lowest BCUT2D eigenvalue weighted by atomic mass is 10.1. The van der Waals surface area contributed by atoms with Gasteiger partial charge >= 0.3 is 0 Å². The molecule has 0 fully saturated rings. The van der Waals surface area contributed by atoms with Crippen LogP contribution in [0.2, 0.25) is 10.0 Å². The number of ether oxygens (including phenoxy) is 1. The molecule has 1 amide bonds. The largest absolute Gasteiger partial charge is 0.389 e. The van der Waals surface area contributed by atoms with Gasteiger partial charge < -0.3 is 14.7 Å². The van der Waals surface area contributed by atoms with Crippen molar-refractivity contribution in [3.05, 3.63) is 33.8 Å². The lowest BCUT2D eigenvalue weighted by Gasteiger charge is -2.20. The predicted molar refractivity (Wildman–Crippen MR) is 75.7 cm³/mol. The molecule has 1 aromatic rings. The van der Waals surface area contributed by atoms with Crippen LogP contribution in [0.4, 0.5) is 0 Å². The number of carbonyl (C=O) groups excluding carboxylic acids is 1. The van der Waals surface area contributed by atoms with Crippen molar-refractivity contribution >= 4 is 29.1 Å². The summed E-state index contributed by atoms with van der Waals surface area (Å²) >= 11 is 11.9. The maximum Gasteiger partial charge on any atom is 0.226 e. The van der Waals surface area contributed by atoms with E-state index in [0.29, 0.717) is 15.6 Å². The zero-order valence-electron chi connectivity index (χ0n) is 10.9. The molecule has 106 valence electrons. The van der Waals surface area contributed by atoms with Gasteiger partial charge in [-0.3, -0.25) is 4.79 Å². The van der Waals surface area contributed by atoms with E-state index in [2.05, 4.69) is 0 Å². The number of halogens is 2. The van der Waals surface area contributed by atoms with Crippen molar-refractivity contribution in [1.82, 2.24) is 4.90 Å². The topological polar surface area (TPSA) is 49.8 Å². The van der Waals surface area contributed by atoms with Crippen LogP contribution in [0.25, 0.3) is 0 Å². The number of amides is 1. The summed E-state index contributed by atoms with van der Waals surface area (Å²) in [5.41, 5.74) is 0.673. The Morgan fingerprint density at radius 1 is 1.47 bits per heavy atom. The quantitative estimate of drug-likeness (QED) is 0.874. The van der Waals surface area contributed by atoms with E-state index in [-0.39, 0.29) is 25.5 Å². The van der Waals surface area contributed by atoms with Crippen molar-refractivity contribution in [1.29, 1.82) is 0 Å². The number of aliphatic hydroxyl groups excluding tert-OH is 1. The molecule has 1 N–H and O–H groups in total. The third kappa shape index (κ3) is 5.37. The fourth-order valence-corrected chi connectivity index (χ4v) is 2.02. The molecule has 1 aromatic carbocycles.